The Hall–Kier alpha value is -3.71. The second kappa shape index (κ2) is 12.7. The molecule has 0 aromatic heterocycles. The number of ether oxygens (including phenoxy) is 1. The van der Waals surface area contributed by atoms with Crippen LogP contribution in [0.2, 0.25) is 0 Å². The second-order valence-corrected chi connectivity index (χ2v) is 10.1. The molecule has 38 heavy (non-hydrogen) atoms. The van der Waals surface area contributed by atoms with Crippen molar-refractivity contribution in [3.63, 3.8) is 0 Å². The van der Waals surface area contributed by atoms with E-state index in [1.807, 2.05) is 42.5 Å². The van der Waals surface area contributed by atoms with E-state index in [-0.39, 0.29) is 23.2 Å². The van der Waals surface area contributed by atoms with E-state index in [9.17, 15) is 14.0 Å². The molecule has 3 unspecified atom stereocenters. The van der Waals surface area contributed by atoms with Crippen LogP contribution in [0.3, 0.4) is 0 Å². The van der Waals surface area contributed by atoms with Crippen molar-refractivity contribution in [1.29, 1.82) is 0 Å². The van der Waals surface area contributed by atoms with Gasteiger partial charge in [-0.1, -0.05) is 42.5 Å². The van der Waals surface area contributed by atoms with Crippen LogP contribution < -0.4 is 20.7 Å². The first-order valence-corrected chi connectivity index (χ1v) is 13.1. The van der Waals surface area contributed by atoms with Crippen LogP contribution in [0.1, 0.15) is 60.0 Å². The maximum Gasteiger partial charge on any atom is 0.251 e. The van der Waals surface area contributed by atoms with Crippen molar-refractivity contribution in [2.75, 3.05) is 13.7 Å². The molecule has 1 fully saturated rings. The van der Waals surface area contributed by atoms with Crippen LogP contribution in [0.15, 0.2) is 78.9 Å². The first-order chi connectivity index (χ1) is 18.4. The molecule has 7 heteroatoms. The Bertz CT molecular complexity index is 1200. The molecule has 6 nitrogen and oxygen atoms in total. The van der Waals surface area contributed by atoms with Crippen molar-refractivity contribution in [3.05, 3.63) is 101 Å². The van der Waals surface area contributed by atoms with Gasteiger partial charge >= 0.3 is 0 Å². The summed E-state index contributed by atoms with van der Waals surface area (Å²) in [7, 11) is 1.61. The highest BCUT2D eigenvalue weighted by Gasteiger charge is 2.50. The van der Waals surface area contributed by atoms with E-state index in [1.54, 1.807) is 31.4 Å². The Morgan fingerprint density at radius 2 is 1.71 bits per heavy atom. The van der Waals surface area contributed by atoms with Crippen LogP contribution in [0, 0.1) is 5.82 Å². The summed E-state index contributed by atoms with van der Waals surface area (Å²) < 4.78 is 18.4. The van der Waals surface area contributed by atoms with Crippen LogP contribution in [-0.4, -0.2) is 37.0 Å². The first kappa shape index (κ1) is 27.3. The van der Waals surface area contributed by atoms with Gasteiger partial charge in [0, 0.05) is 23.6 Å². The van der Waals surface area contributed by atoms with Gasteiger partial charge in [-0.15, -0.1) is 0 Å². The Labute approximate surface area is 224 Å². The van der Waals surface area contributed by atoms with Gasteiger partial charge in [0.15, 0.2) is 0 Å². The van der Waals surface area contributed by atoms with E-state index in [0.717, 1.165) is 42.7 Å². The number of amides is 2. The van der Waals surface area contributed by atoms with Gasteiger partial charge in [-0.2, -0.15) is 0 Å². The zero-order valence-electron chi connectivity index (χ0n) is 22.0. The number of carbonyl (C=O) groups is 2. The molecule has 200 valence electrons. The minimum Gasteiger partial charge on any atom is -0.497 e. The summed E-state index contributed by atoms with van der Waals surface area (Å²) in [6, 6.07) is 22.5. The molecule has 2 amide bonds. The third-order valence-corrected chi connectivity index (χ3v) is 7.24. The zero-order chi connectivity index (χ0) is 27.0. The molecule has 1 aliphatic rings. The van der Waals surface area contributed by atoms with Gasteiger partial charge in [-0.05, 0) is 86.7 Å². The molecule has 3 aromatic rings. The monoisotopic (exact) mass is 517 g/mol. The van der Waals surface area contributed by atoms with E-state index >= 15 is 0 Å². The van der Waals surface area contributed by atoms with Crippen molar-refractivity contribution in [1.82, 2.24) is 16.0 Å². The Morgan fingerprint density at radius 3 is 2.39 bits per heavy atom. The lowest BCUT2D eigenvalue weighted by molar-refractivity contribution is -0.123. The number of methoxy groups -OCH3 is 1. The summed E-state index contributed by atoms with van der Waals surface area (Å²) in [4.78, 5) is 25.9. The quantitative estimate of drug-likeness (QED) is 0.280. The van der Waals surface area contributed by atoms with E-state index in [1.165, 1.54) is 12.1 Å². The fraction of sp³-hybridized carbons (Fsp3) is 0.355. The van der Waals surface area contributed by atoms with E-state index in [2.05, 4.69) is 22.9 Å². The molecule has 3 aromatic carbocycles. The minimum atomic E-state index is -0.635. The highest BCUT2D eigenvalue weighted by molar-refractivity contribution is 5.97. The van der Waals surface area contributed by atoms with Crippen LogP contribution >= 0.6 is 0 Å². The highest BCUT2D eigenvalue weighted by atomic mass is 19.1. The Balaban J connectivity index is 1.27. The number of rotatable bonds is 13. The molecule has 0 radical (unpaired) electrons. The molecule has 0 aliphatic heterocycles. The number of halogens is 1. The largest absolute Gasteiger partial charge is 0.497 e. The highest BCUT2D eigenvalue weighted by Crippen LogP contribution is 2.51. The average Bonchev–Trinajstić information content (AvgIpc) is 3.62. The fourth-order valence-corrected chi connectivity index (χ4v) is 4.74. The number of carbonyl (C=O) groups excluding carboxylic acids is 2. The van der Waals surface area contributed by atoms with E-state index in [0.29, 0.717) is 24.4 Å². The number of unbranched alkanes of at least 4 members (excludes halogenated alkanes) is 1. The fourth-order valence-electron chi connectivity index (χ4n) is 4.74. The third kappa shape index (κ3) is 7.42. The smallest absolute Gasteiger partial charge is 0.251 e. The number of hydrogen-bond donors (Lipinski definition) is 3. The lowest BCUT2D eigenvalue weighted by atomic mass is 10.1. The third-order valence-electron chi connectivity index (χ3n) is 7.24. The van der Waals surface area contributed by atoms with Gasteiger partial charge in [0.05, 0.1) is 7.11 Å². The molecule has 1 aliphatic carbocycles. The predicted octanol–water partition coefficient (Wildman–Crippen LogP) is 4.96. The number of benzene rings is 3. The van der Waals surface area contributed by atoms with Gasteiger partial charge in [-0.25, -0.2) is 4.39 Å². The summed E-state index contributed by atoms with van der Waals surface area (Å²) in [5, 5.41) is 9.51. The van der Waals surface area contributed by atoms with Gasteiger partial charge in [0.25, 0.3) is 5.91 Å². The maximum atomic E-state index is 13.2. The van der Waals surface area contributed by atoms with Crippen molar-refractivity contribution in [2.45, 2.75) is 56.7 Å². The predicted molar refractivity (Wildman–Crippen MR) is 147 cm³/mol. The summed E-state index contributed by atoms with van der Waals surface area (Å²) in [6.45, 7) is 3.36. The van der Waals surface area contributed by atoms with E-state index in [4.69, 9.17) is 4.74 Å². The van der Waals surface area contributed by atoms with Crippen LogP contribution in [0.25, 0.3) is 0 Å². The van der Waals surface area contributed by atoms with Gasteiger partial charge < -0.3 is 20.7 Å². The van der Waals surface area contributed by atoms with Gasteiger partial charge in [-0.3, -0.25) is 9.59 Å². The Kier molecular flexibility index (Phi) is 9.13. The first-order valence-electron chi connectivity index (χ1n) is 13.1. The van der Waals surface area contributed by atoms with Crippen molar-refractivity contribution < 1.29 is 18.7 Å². The van der Waals surface area contributed by atoms with Crippen LogP contribution in [-0.2, 0) is 11.3 Å². The molecule has 0 spiro atoms. The molecular formula is C31H36FN3O3. The van der Waals surface area contributed by atoms with E-state index < -0.39 is 6.04 Å². The molecule has 4 rings (SSSR count). The van der Waals surface area contributed by atoms with Crippen molar-refractivity contribution in [2.24, 2.45) is 0 Å². The number of nitrogens with one attached hydrogen (secondary N) is 3. The van der Waals surface area contributed by atoms with Crippen LogP contribution in [0.5, 0.6) is 5.75 Å². The molecule has 3 atom stereocenters. The SMILES string of the molecule is COc1ccc(CNC(=O)C(CCCCNC2(C)CC2c2ccc(F)cc2)NC(=O)c2ccccc2)cc1. The lowest BCUT2D eigenvalue weighted by Crippen LogP contribution is -2.46. The topological polar surface area (TPSA) is 79.5 Å². The second-order valence-electron chi connectivity index (χ2n) is 10.1. The van der Waals surface area contributed by atoms with Crippen molar-refractivity contribution in [3.8, 4) is 5.75 Å². The standard InChI is InChI=1S/C31H36FN3O3/c1-31(20-27(31)23-13-15-25(32)16-14-23)34-19-7-6-10-28(35-29(36)24-8-4-3-5-9-24)30(37)33-21-22-11-17-26(38-2)18-12-22/h3-5,8-9,11-18,27-28,34H,6-7,10,19-21H2,1-2H3,(H,33,37)(H,35,36). The summed E-state index contributed by atoms with van der Waals surface area (Å²) in [6.07, 6.45) is 3.20. The Morgan fingerprint density at radius 1 is 1.00 bits per heavy atom. The number of hydrogen-bond acceptors (Lipinski definition) is 4. The van der Waals surface area contributed by atoms with Crippen LogP contribution in [0.4, 0.5) is 4.39 Å². The molecule has 0 heterocycles. The molecule has 1 saturated carbocycles. The molecular weight excluding hydrogens is 481 g/mol. The lowest BCUT2D eigenvalue weighted by Gasteiger charge is -2.19. The normalized spacial score (nSPS) is 18.9. The molecule has 3 N–H and O–H groups in total. The summed E-state index contributed by atoms with van der Waals surface area (Å²) in [5.74, 6) is 0.450. The zero-order valence-corrected chi connectivity index (χ0v) is 22.0. The van der Waals surface area contributed by atoms with Crippen molar-refractivity contribution >= 4 is 11.8 Å². The maximum absolute atomic E-state index is 13.2. The van der Waals surface area contributed by atoms with Gasteiger partial charge in [0.1, 0.15) is 17.6 Å². The summed E-state index contributed by atoms with van der Waals surface area (Å²) >= 11 is 0. The minimum absolute atomic E-state index is 0.00843. The molecule has 0 saturated heterocycles. The summed E-state index contributed by atoms with van der Waals surface area (Å²) in [5.41, 5.74) is 2.63. The van der Waals surface area contributed by atoms with Gasteiger partial charge in [0.2, 0.25) is 5.91 Å². The average molecular weight is 518 g/mol. The molecule has 0 bridgehead atoms.